The van der Waals surface area contributed by atoms with Gasteiger partial charge in [-0.1, -0.05) is 20.8 Å². The first kappa shape index (κ1) is 12.2. The fourth-order valence-electron chi connectivity index (χ4n) is 0.896. The normalized spacial score (nSPS) is 11.2. The zero-order valence-corrected chi connectivity index (χ0v) is 10.8. The number of pyridine rings is 1. The zero-order chi connectivity index (χ0) is 11.5. The van der Waals surface area contributed by atoms with Crippen LogP contribution in [0.25, 0.3) is 0 Å². The SMILES string of the molecule is CCC(C)(C)C(=O)Nc1ccc(Br)cn1. The Kier molecular flexibility index (Phi) is 3.85. The minimum Gasteiger partial charge on any atom is -0.310 e. The lowest BCUT2D eigenvalue weighted by Crippen LogP contribution is -2.30. The maximum absolute atomic E-state index is 11.8. The minimum atomic E-state index is -0.352. The van der Waals surface area contributed by atoms with Crippen molar-refractivity contribution in [1.82, 2.24) is 4.98 Å². The van der Waals surface area contributed by atoms with E-state index < -0.39 is 0 Å². The van der Waals surface area contributed by atoms with Gasteiger partial charge in [0.05, 0.1) is 0 Å². The summed E-state index contributed by atoms with van der Waals surface area (Å²) in [7, 11) is 0. The van der Waals surface area contributed by atoms with E-state index in [-0.39, 0.29) is 11.3 Å². The smallest absolute Gasteiger partial charge is 0.231 e. The highest BCUT2D eigenvalue weighted by Crippen LogP contribution is 2.21. The maximum atomic E-state index is 11.8. The summed E-state index contributed by atoms with van der Waals surface area (Å²) in [5, 5.41) is 2.79. The molecule has 0 aliphatic rings. The third-order valence-electron chi connectivity index (χ3n) is 2.47. The lowest BCUT2D eigenvalue weighted by molar-refractivity contribution is -0.124. The molecule has 0 unspecified atom stereocenters. The number of nitrogens with one attached hydrogen (secondary N) is 1. The summed E-state index contributed by atoms with van der Waals surface area (Å²) in [6, 6.07) is 3.62. The molecular weight excluding hydrogens is 256 g/mol. The van der Waals surface area contributed by atoms with E-state index in [1.165, 1.54) is 0 Å². The Hall–Kier alpha value is -0.900. The van der Waals surface area contributed by atoms with Crippen molar-refractivity contribution in [1.29, 1.82) is 0 Å². The van der Waals surface area contributed by atoms with Crippen LogP contribution in [0.1, 0.15) is 27.2 Å². The lowest BCUT2D eigenvalue weighted by Gasteiger charge is -2.20. The van der Waals surface area contributed by atoms with Gasteiger partial charge in [-0.3, -0.25) is 4.79 Å². The fourth-order valence-corrected chi connectivity index (χ4v) is 1.13. The highest BCUT2D eigenvalue weighted by molar-refractivity contribution is 9.10. The van der Waals surface area contributed by atoms with Crippen LogP contribution in [0.4, 0.5) is 5.82 Å². The van der Waals surface area contributed by atoms with Gasteiger partial charge in [-0.2, -0.15) is 0 Å². The van der Waals surface area contributed by atoms with Crippen LogP contribution in [0, 0.1) is 5.41 Å². The molecule has 0 aliphatic heterocycles. The van der Waals surface area contributed by atoms with Crippen molar-refractivity contribution in [3.63, 3.8) is 0 Å². The standard InChI is InChI=1S/C11H15BrN2O/c1-4-11(2,3)10(15)14-9-6-5-8(12)7-13-9/h5-7H,4H2,1-3H3,(H,13,14,15). The molecule has 15 heavy (non-hydrogen) atoms. The van der Waals surface area contributed by atoms with Gasteiger partial charge in [-0.15, -0.1) is 0 Å². The number of halogens is 1. The lowest BCUT2D eigenvalue weighted by atomic mass is 9.89. The average molecular weight is 271 g/mol. The van der Waals surface area contributed by atoms with E-state index in [0.29, 0.717) is 5.82 Å². The van der Waals surface area contributed by atoms with Crippen LogP contribution in [-0.4, -0.2) is 10.9 Å². The second-order valence-corrected chi connectivity index (χ2v) is 4.97. The van der Waals surface area contributed by atoms with Gasteiger partial charge in [0, 0.05) is 16.1 Å². The van der Waals surface area contributed by atoms with Crippen LogP contribution in [0.3, 0.4) is 0 Å². The summed E-state index contributed by atoms with van der Waals surface area (Å²) in [5.41, 5.74) is -0.352. The number of carbonyl (C=O) groups excluding carboxylic acids is 1. The number of carbonyl (C=O) groups is 1. The van der Waals surface area contributed by atoms with E-state index in [9.17, 15) is 4.79 Å². The molecule has 1 heterocycles. The van der Waals surface area contributed by atoms with E-state index in [1.807, 2.05) is 26.8 Å². The molecule has 1 N–H and O–H groups in total. The Labute approximate surface area is 98.4 Å². The number of anilines is 1. The molecule has 1 aromatic rings. The van der Waals surface area contributed by atoms with E-state index in [0.717, 1.165) is 10.9 Å². The molecule has 1 amide bonds. The molecule has 0 saturated heterocycles. The molecule has 4 heteroatoms. The molecule has 0 atom stereocenters. The van der Waals surface area contributed by atoms with Gasteiger partial charge < -0.3 is 5.32 Å². The number of rotatable bonds is 3. The predicted octanol–water partition coefficient (Wildman–Crippen LogP) is 3.22. The van der Waals surface area contributed by atoms with E-state index in [2.05, 4.69) is 26.2 Å². The minimum absolute atomic E-state index is 0.000164. The second kappa shape index (κ2) is 4.75. The number of nitrogens with zero attached hydrogens (tertiary/aromatic N) is 1. The molecule has 0 saturated carbocycles. The van der Waals surface area contributed by atoms with Gasteiger partial charge in [0.25, 0.3) is 0 Å². The molecule has 3 nitrogen and oxygen atoms in total. The van der Waals surface area contributed by atoms with Crippen molar-refractivity contribution in [2.45, 2.75) is 27.2 Å². The largest absolute Gasteiger partial charge is 0.310 e. The zero-order valence-electron chi connectivity index (χ0n) is 9.17. The number of aromatic nitrogens is 1. The first-order chi connectivity index (χ1) is 6.95. The summed E-state index contributed by atoms with van der Waals surface area (Å²) < 4.78 is 0.898. The molecule has 0 aromatic carbocycles. The molecule has 0 spiro atoms. The first-order valence-electron chi connectivity index (χ1n) is 4.88. The van der Waals surface area contributed by atoms with Crippen molar-refractivity contribution in [3.05, 3.63) is 22.8 Å². The van der Waals surface area contributed by atoms with E-state index in [1.54, 1.807) is 12.3 Å². The van der Waals surface area contributed by atoms with Gasteiger partial charge in [0.15, 0.2) is 0 Å². The van der Waals surface area contributed by atoms with E-state index >= 15 is 0 Å². The molecule has 0 bridgehead atoms. The van der Waals surface area contributed by atoms with Crippen molar-refractivity contribution >= 4 is 27.7 Å². The van der Waals surface area contributed by atoms with Crippen LogP contribution < -0.4 is 5.32 Å². The summed E-state index contributed by atoms with van der Waals surface area (Å²) in [6.07, 6.45) is 2.46. The van der Waals surface area contributed by atoms with Crippen LogP contribution in [0.5, 0.6) is 0 Å². The maximum Gasteiger partial charge on any atom is 0.231 e. The number of hydrogen-bond acceptors (Lipinski definition) is 2. The summed E-state index contributed by atoms with van der Waals surface area (Å²) in [5.74, 6) is 0.588. The Morgan fingerprint density at radius 2 is 2.20 bits per heavy atom. The van der Waals surface area contributed by atoms with Crippen molar-refractivity contribution in [2.75, 3.05) is 5.32 Å². The summed E-state index contributed by atoms with van der Waals surface area (Å²) >= 11 is 3.29. The summed E-state index contributed by atoms with van der Waals surface area (Å²) in [6.45, 7) is 5.83. The molecule has 0 radical (unpaired) electrons. The van der Waals surface area contributed by atoms with Crippen LogP contribution in [-0.2, 0) is 4.79 Å². The van der Waals surface area contributed by atoms with Gasteiger partial charge in [0.1, 0.15) is 5.82 Å². The monoisotopic (exact) mass is 270 g/mol. The Balaban J connectivity index is 2.71. The topological polar surface area (TPSA) is 42.0 Å². The van der Waals surface area contributed by atoms with Gasteiger partial charge >= 0.3 is 0 Å². The fraction of sp³-hybridized carbons (Fsp3) is 0.455. The highest BCUT2D eigenvalue weighted by Gasteiger charge is 2.25. The number of hydrogen-bond donors (Lipinski definition) is 1. The Morgan fingerprint density at radius 3 is 2.67 bits per heavy atom. The number of amides is 1. The molecule has 0 aliphatic carbocycles. The Bertz CT molecular complexity index is 346. The molecule has 1 rings (SSSR count). The summed E-state index contributed by atoms with van der Waals surface area (Å²) in [4.78, 5) is 15.9. The third kappa shape index (κ3) is 3.30. The van der Waals surface area contributed by atoms with Crippen LogP contribution in [0.15, 0.2) is 22.8 Å². The van der Waals surface area contributed by atoms with Crippen molar-refractivity contribution in [2.24, 2.45) is 5.41 Å². The first-order valence-corrected chi connectivity index (χ1v) is 5.68. The third-order valence-corrected chi connectivity index (χ3v) is 2.94. The van der Waals surface area contributed by atoms with Crippen LogP contribution in [0.2, 0.25) is 0 Å². The second-order valence-electron chi connectivity index (χ2n) is 4.05. The molecule has 0 fully saturated rings. The average Bonchev–Trinajstić information content (AvgIpc) is 2.21. The Morgan fingerprint density at radius 1 is 1.53 bits per heavy atom. The molecular formula is C11H15BrN2O. The molecule has 82 valence electrons. The van der Waals surface area contributed by atoms with Gasteiger partial charge in [-0.25, -0.2) is 4.98 Å². The van der Waals surface area contributed by atoms with Crippen molar-refractivity contribution < 1.29 is 4.79 Å². The van der Waals surface area contributed by atoms with Crippen molar-refractivity contribution in [3.8, 4) is 0 Å². The van der Waals surface area contributed by atoms with Gasteiger partial charge in [0.2, 0.25) is 5.91 Å². The predicted molar refractivity (Wildman–Crippen MR) is 64.6 cm³/mol. The highest BCUT2D eigenvalue weighted by atomic mass is 79.9. The van der Waals surface area contributed by atoms with Crippen LogP contribution >= 0.6 is 15.9 Å². The van der Waals surface area contributed by atoms with Gasteiger partial charge in [-0.05, 0) is 34.5 Å². The van der Waals surface area contributed by atoms with E-state index in [4.69, 9.17) is 0 Å². The molecule has 1 aromatic heterocycles. The quantitative estimate of drug-likeness (QED) is 0.917.